The average molecular weight is 704 g/mol. The van der Waals surface area contributed by atoms with Gasteiger partial charge in [0.2, 0.25) is 5.91 Å². The number of carbonyl (C=O) groups is 2. The predicted octanol–water partition coefficient (Wildman–Crippen LogP) is 9.42. The van der Waals surface area contributed by atoms with Crippen LogP contribution in [0.15, 0.2) is 12.1 Å². The number of nitrogens with zero attached hydrogens (tertiary/aromatic N) is 3. The first-order valence-corrected chi connectivity index (χ1v) is 22.0. The lowest BCUT2D eigenvalue weighted by Gasteiger charge is -2.42. The van der Waals surface area contributed by atoms with Crippen molar-refractivity contribution < 1.29 is 27.8 Å². The fraction of sp³-hybridized carbons (Fsp3) is 0.730. The minimum absolute atomic E-state index is 0.0171. The first kappa shape index (κ1) is 38.9. The number of carbonyl (C=O) groups excluding carboxylic acids is 2. The number of hydrogen-bond acceptors (Lipinski definition) is 6. The number of hydrogen-bond donors (Lipinski definition) is 2. The van der Waals surface area contributed by atoms with Crippen LogP contribution >= 0.6 is 0 Å². The molecule has 2 amide bonds. The third kappa shape index (κ3) is 11.1. The molecule has 1 unspecified atom stereocenters. The molecule has 0 aromatic carbocycles. The maximum absolute atomic E-state index is 14.7. The van der Waals surface area contributed by atoms with Gasteiger partial charge in [0, 0.05) is 31.5 Å². The first-order valence-electron chi connectivity index (χ1n) is 18.3. The van der Waals surface area contributed by atoms with Crippen LogP contribution in [0.1, 0.15) is 108 Å². The molecule has 274 valence electrons. The van der Waals surface area contributed by atoms with Gasteiger partial charge in [0.05, 0.1) is 5.69 Å². The molecule has 2 fully saturated rings. The zero-order valence-corrected chi connectivity index (χ0v) is 32.0. The molecule has 9 nitrogen and oxygen atoms in total. The number of nitrogens with one attached hydrogen (secondary N) is 2. The number of amides is 2. The van der Waals surface area contributed by atoms with Gasteiger partial charge in [-0.25, -0.2) is 23.2 Å². The van der Waals surface area contributed by atoms with Gasteiger partial charge >= 0.3 is 6.09 Å². The highest BCUT2D eigenvalue weighted by molar-refractivity contribution is 6.76. The van der Waals surface area contributed by atoms with Crippen molar-refractivity contribution in [2.75, 3.05) is 11.9 Å². The quantitative estimate of drug-likeness (QED) is 0.159. The van der Waals surface area contributed by atoms with Crippen molar-refractivity contribution in [1.29, 1.82) is 0 Å². The zero-order valence-electron chi connectivity index (χ0n) is 31.0. The van der Waals surface area contributed by atoms with Crippen molar-refractivity contribution in [3.05, 3.63) is 29.2 Å². The summed E-state index contributed by atoms with van der Waals surface area (Å²) in [6, 6.07) is 3.26. The van der Waals surface area contributed by atoms with Crippen LogP contribution in [0.25, 0.3) is 11.1 Å². The molecule has 2 aliphatic carbocycles. The van der Waals surface area contributed by atoms with E-state index in [1.54, 1.807) is 44.5 Å². The summed E-state index contributed by atoms with van der Waals surface area (Å²) in [5, 5.41) is 10.4. The molecule has 2 aromatic rings. The van der Waals surface area contributed by atoms with Gasteiger partial charge in [-0.3, -0.25) is 4.79 Å². The molecule has 0 saturated heterocycles. The normalized spacial score (nSPS) is 17.4. The van der Waals surface area contributed by atoms with E-state index in [0.717, 1.165) is 57.4 Å². The highest BCUT2D eigenvalue weighted by atomic mass is 28.3. The van der Waals surface area contributed by atoms with Gasteiger partial charge in [0.1, 0.15) is 29.9 Å². The lowest BCUT2D eigenvalue weighted by Crippen LogP contribution is -2.54. The molecular weight excluding hydrogens is 645 g/mol. The van der Waals surface area contributed by atoms with E-state index >= 15 is 0 Å². The number of aryl methyl sites for hydroxylation is 1. The molecule has 49 heavy (non-hydrogen) atoms. The van der Waals surface area contributed by atoms with Gasteiger partial charge in [-0.1, -0.05) is 83.8 Å². The number of pyridine rings is 1. The molecule has 2 aliphatic rings. The topological polar surface area (TPSA) is 107 Å². The van der Waals surface area contributed by atoms with Crippen molar-refractivity contribution in [3.8, 4) is 11.1 Å². The first-order chi connectivity index (χ1) is 23.0. The van der Waals surface area contributed by atoms with Crippen molar-refractivity contribution in [3.63, 3.8) is 0 Å². The van der Waals surface area contributed by atoms with E-state index in [2.05, 4.69) is 40.4 Å². The molecule has 2 saturated carbocycles. The number of alkyl carbamates (subject to hydrolysis) is 1. The summed E-state index contributed by atoms with van der Waals surface area (Å²) in [5.74, 6) is 0.0191. The fourth-order valence-corrected chi connectivity index (χ4v) is 8.36. The van der Waals surface area contributed by atoms with Gasteiger partial charge in [-0.15, -0.1) is 0 Å². The number of alkyl halides is 2. The maximum Gasteiger partial charge on any atom is 0.408 e. The molecular formula is C37H59F2N5O4Si. The van der Waals surface area contributed by atoms with E-state index in [4.69, 9.17) is 9.47 Å². The second kappa shape index (κ2) is 16.9. The highest BCUT2D eigenvalue weighted by Gasteiger charge is 2.42. The van der Waals surface area contributed by atoms with Crippen LogP contribution in [-0.4, -0.2) is 53.1 Å². The van der Waals surface area contributed by atoms with Crippen LogP contribution in [0.4, 0.5) is 19.4 Å². The van der Waals surface area contributed by atoms with E-state index in [0.29, 0.717) is 23.6 Å². The van der Waals surface area contributed by atoms with E-state index in [1.165, 1.54) is 12.8 Å². The summed E-state index contributed by atoms with van der Waals surface area (Å²) in [7, 11) is -1.26. The van der Waals surface area contributed by atoms with Crippen LogP contribution in [0.2, 0.25) is 25.7 Å². The summed E-state index contributed by atoms with van der Waals surface area (Å²) in [5.41, 5.74) is 0.961. The minimum Gasteiger partial charge on any atom is -0.444 e. The summed E-state index contributed by atoms with van der Waals surface area (Å²) < 4.78 is 42.5. The minimum atomic E-state index is -2.89. The molecule has 0 radical (unpaired) electrons. The number of aromatic nitrogens is 3. The molecule has 0 spiro atoms. The van der Waals surface area contributed by atoms with E-state index in [-0.39, 0.29) is 35.9 Å². The summed E-state index contributed by atoms with van der Waals surface area (Å²) >= 11 is 0. The van der Waals surface area contributed by atoms with Gasteiger partial charge in [-0.2, -0.15) is 5.10 Å². The Labute approximate surface area is 292 Å². The van der Waals surface area contributed by atoms with Gasteiger partial charge < -0.3 is 20.1 Å². The molecule has 2 heterocycles. The SMILES string of the molecule is Cc1nn(COCC[Si](C)(C)C)c(C)c1-c1ccc(NC(=O)C(NC(=O)OC(C)(C)C)C(C2CCCCC2)C2CCCCC2)nc1C(F)F. The molecule has 2 N–H and O–H groups in total. The zero-order chi connectivity index (χ0) is 35.9. The molecule has 4 rings (SSSR count). The van der Waals surface area contributed by atoms with Crippen molar-refractivity contribution in [2.24, 2.45) is 17.8 Å². The third-order valence-electron chi connectivity index (χ3n) is 9.97. The standard InChI is InChI=1S/C37H59F2N5O4Si/c1-24-30(25(2)44(43-24)23-47-21-22-49(6,7)8)28-19-20-29(40-32(28)34(38)39)41-35(45)33(42-36(46)48-37(3,4)5)31(26-15-11-9-12-16-26)27-17-13-10-14-18-27/h19-20,26-27,31,33-34H,9-18,21-23H2,1-8H3,(H,42,46)(H,40,41,45). The Balaban J connectivity index is 1.62. The molecule has 12 heteroatoms. The van der Waals surface area contributed by atoms with Crippen LogP contribution in [-0.2, 0) is 21.0 Å². The number of ether oxygens (including phenoxy) is 2. The van der Waals surface area contributed by atoms with Gasteiger partial charge in [-0.05, 0) is 70.5 Å². The molecule has 1 atom stereocenters. The van der Waals surface area contributed by atoms with Crippen molar-refractivity contribution in [2.45, 2.75) is 149 Å². The van der Waals surface area contributed by atoms with Crippen molar-refractivity contribution in [1.82, 2.24) is 20.1 Å². The van der Waals surface area contributed by atoms with Crippen LogP contribution < -0.4 is 10.6 Å². The second-order valence-corrected chi connectivity index (χ2v) is 21.9. The number of rotatable bonds is 13. The van der Waals surface area contributed by atoms with E-state index < -0.39 is 43.8 Å². The fourth-order valence-electron chi connectivity index (χ4n) is 7.61. The molecule has 2 aromatic heterocycles. The lowest BCUT2D eigenvalue weighted by atomic mass is 9.66. The smallest absolute Gasteiger partial charge is 0.408 e. The van der Waals surface area contributed by atoms with E-state index in [9.17, 15) is 18.4 Å². The lowest BCUT2D eigenvalue weighted by molar-refractivity contribution is -0.121. The van der Waals surface area contributed by atoms with Gasteiger partial charge in [0.25, 0.3) is 6.43 Å². The van der Waals surface area contributed by atoms with Crippen LogP contribution in [0, 0.1) is 31.6 Å². The summed E-state index contributed by atoms with van der Waals surface area (Å²) in [6.07, 6.45) is 7.15. The van der Waals surface area contributed by atoms with Crippen LogP contribution in [0.3, 0.4) is 0 Å². The average Bonchev–Trinajstić information content (AvgIpc) is 3.30. The molecule has 0 aliphatic heterocycles. The van der Waals surface area contributed by atoms with Crippen molar-refractivity contribution >= 4 is 25.9 Å². The Bertz CT molecular complexity index is 1390. The maximum atomic E-state index is 14.7. The Morgan fingerprint density at radius 2 is 1.57 bits per heavy atom. The number of halogens is 2. The Morgan fingerprint density at radius 3 is 2.10 bits per heavy atom. The Morgan fingerprint density at radius 1 is 0.980 bits per heavy atom. The summed E-state index contributed by atoms with van der Waals surface area (Å²) in [6.45, 7) is 16.7. The molecule has 0 bridgehead atoms. The largest absolute Gasteiger partial charge is 0.444 e. The predicted molar refractivity (Wildman–Crippen MR) is 192 cm³/mol. The highest BCUT2D eigenvalue weighted by Crippen LogP contribution is 2.42. The van der Waals surface area contributed by atoms with Gasteiger partial charge in [0.15, 0.2) is 0 Å². The summed E-state index contributed by atoms with van der Waals surface area (Å²) in [4.78, 5) is 31.7. The Hall–Kier alpha value is -2.86. The monoisotopic (exact) mass is 703 g/mol. The number of anilines is 1. The second-order valence-electron chi connectivity index (χ2n) is 16.3. The third-order valence-corrected chi connectivity index (χ3v) is 11.7. The van der Waals surface area contributed by atoms with Crippen LogP contribution in [0.5, 0.6) is 0 Å². The van der Waals surface area contributed by atoms with E-state index in [1.807, 2.05) is 6.92 Å². The Kier molecular flexibility index (Phi) is 13.4.